The number of piperidine rings is 1. The van der Waals surface area contributed by atoms with E-state index in [0.717, 1.165) is 11.3 Å². The molecule has 2 aromatic rings. The first-order chi connectivity index (χ1) is 17.0. The summed E-state index contributed by atoms with van der Waals surface area (Å²) in [6.07, 6.45) is -1.51. The number of thiazole rings is 1. The quantitative estimate of drug-likeness (QED) is 0.337. The number of carbonyl (C=O) groups is 3. The Bertz CT molecular complexity index is 1120. The van der Waals surface area contributed by atoms with Crippen LogP contribution >= 0.6 is 34.5 Å². The molecule has 0 saturated carbocycles. The molecule has 1 aliphatic heterocycles. The highest BCUT2D eigenvalue weighted by molar-refractivity contribution is 7.17. The van der Waals surface area contributed by atoms with Crippen LogP contribution in [0, 0.1) is 6.92 Å². The Morgan fingerprint density at radius 1 is 1.28 bits per heavy atom. The number of anilines is 1. The molecule has 0 spiro atoms. The number of rotatable bonds is 9. The number of nitrogens with one attached hydrogen (secondary N) is 3. The molecule has 2 aromatic heterocycles. The van der Waals surface area contributed by atoms with E-state index in [1.54, 1.807) is 13.8 Å². The van der Waals surface area contributed by atoms with Crippen LogP contribution in [0.5, 0.6) is 5.06 Å². The predicted octanol–water partition coefficient (Wildman–Crippen LogP) is 2.93. The molecule has 3 rings (SSSR count). The molecule has 0 aliphatic carbocycles. The average Bonchev–Trinajstić information content (AvgIpc) is 3.35. The summed E-state index contributed by atoms with van der Waals surface area (Å²) < 4.78 is 15.4. The second kappa shape index (κ2) is 12.1. The van der Waals surface area contributed by atoms with Gasteiger partial charge in [-0.05, 0) is 20.3 Å². The van der Waals surface area contributed by atoms with Crippen LogP contribution in [0.25, 0.3) is 0 Å². The van der Waals surface area contributed by atoms with E-state index in [9.17, 15) is 14.4 Å². The summed E-state index contributed by atoms with van der Waals surface area (Å²) in [7, 11) is 3.02. The molecule has 4 N–H and O–H groups in total. The number of nitrogens with zero attached hydrogens (tertiary/aromatic N) is 2. The van der Waals surface area contributed by atoms with Crippen molar-refractivity contribution in [3.8, 4) is 5.06 Å². The lowest BCUT2D eigenvalue weighted by atomic mass is 10.0. The third kappa shape index (κ3) is 6.40. The highest BCUT2D eigenvalue weighted by atomic mass is 35.5. The van der Waals surface area contributed by atoms with E-state index in [-0.39, 0.29) is 40.2 Å². The average molecular weight is 564 g/mol. The largest absolute Gasteiger partial charge is 0.512 e. The van der Waals surface area contributed by atoms with Crippen LogP contribution in [-0.2, 0) is 9.47 Å². The van der Waals surface area contributed by atoms with Gasteiger partial charge in [-0.3, -0.25) is 9.59 Å². The summed E-state index contributed by atoms with van der Waals surface area (Å²) in [4.78, 5) is 45.7. The minimum atomic E-state index is -1.56. The lowest BCUT2D eigenvalue weighted by Crippen LogP contribution is -2.55. The third-order valence-electron chi connectivity index (χ3n) is 5.50. The summed E-state index contributed by atoms with van der Waals surface area (Å²) >= 11 is 13.2. The van der Waals surface area contributed by atoms with Gasteiger partial charge in [0.2, 0.25) is 5.06 Å². The Morgan fingerprint density at radius 2 is 2.00 bits per heavy atom. The maximum Gasteiger partial charge on any atom is 0.512 e. The van der Waals surface area contributed by atoms with Crippen molar-refractivity contribution in [3.63, 3.8) is 0 Å². The first-order valence-electron chi connectivity index (χ1n) is 10.9. The fourth-order valence-electron chi connectivity index (χ4n) is 3.77. The summed E-state index contributed by atoms with van der Waals surface area (Å²) in [5, 5.41) is 15.4. The van der Waals surface area contributed by atoms with Crippen molar-refractivity contribution in [2.75, 3.05) is 38.8 Å². The number of hydrogen-bond acceptors (Lipinski definition) is 9. The van der Waals surface area contributed by atoms with Crippen LogP contribution in [0.1, 0.15) is 40.0 Å². The molecule has 12 nitrogen and oxygen atoms in total. The third-order valence-corrected chi connectivity index (χ3v) is 7.45. The van der Waals surface area contributed by atoms with E-state index >= 15 is 0 Å². The van der Waals surface area contributed by atoms with Crippen molar-refractivity contribution in [2.45, 2.75) is 38.5 Å². The number of methoxy groups -OCH3 is 2. The lowest BCUT2D eigenvalue weighted by Gasteiger charge is -2.37. The van der Waals surface area contributed by atoms with Gasteiger partial charge in [-0.25, -0.2) is 9.78 Å². The molecule has 3 heterocycles. The van der Waals surface area contributed by atoms with Gasteiger partial charge >= 0.3 is 6.16 Å². The van der Waals surface area contributed by atoms with E-state index in [1.807, 2.05) is 4.90 Å². The number of ether oxygens (including phenoxy) is 3. The van der Waals surface area contributed by atoms with Crippen molar-refractivity contribution in [3.05, 3.63) is 27.1 Å². The smallest absolute Gasteiger partial charge is 0.449 e. The fourth-order valence-corrected chi connectivity index (χ4v) is 5.13. The number of aryl methyl sites for hydroxylation is 1. The van der Waals surface area contributed by atoms with Crippen LogP contribution in [0.15, 0.2) is 0 Å². The molecule has 0 radical (unpaired) electrons. The zero-order valence-electron chi connectivity index (χ0n) is 20.0. The predicted molar refractivity (Wildman–Crippen MR) is 134 cm³/mol. The van der Waals surface area contributed by atoms with E-state index in [4.69, 9.17) is 42.5 Å². The number of H-pyrrole nitrogens is 1. The molecule has 15 heteroatoms. The van der Waals surface area contributed by atoms with Gasteiger partial charge in [0.15, 0.2) is 10.8 Å². The van der Waals surface area contributed by atoms with Crippen molar-refractivity contribution >= 4 is 57.6 Å². The number of carboxylic acid groups (broad SMARTS) is 1. The fraction of sp³-hybridized carbons (Fsp3) is 0.524. The lowest BCUT2D eigenvalue weighted by molar-refractivity contribution is 0.0540. The number of amides is 2. The standard InChI is InChI=1S/C21H27Cl2N5O7S/c1-9(8-33-3)24-18(30)16-19(35-21(31)32)36-20(27-16)28-6-5-11(12(7-28)34-4)26-17(29)15-14(23)13(22)10(2)25-15/h9,11-12,25H,5-8H2,1-4H3,(H,24,30)(H,26,29)(H,31,32)/t9-,11-,12+/m1/s1. The van der Waals surface area contributed by atoms with Crippen LogP contribution in [0.4, 0.5) is 9.93 Å². The van der Waals surface area contributed by atoms with Gasteiger partial charge in [-0.15, -0.1) is 0 Å². The summed E-state index contributed by atoms with van der Waals surface area (Å²) in [5.41, 5.74) is 0.619. The van der Waals surface area contributed by atoms with Crippen LogP contribution < -0.4 is 20.3 Å². The Balaban J connectivity index is 1.74. The Morgan fingerprint density at radius 3 is 2.58 bits per heavy atom. The van der Waals surface area contributed by atoms with Crippen molar-refractivity contribution in [1.29, 1.82) is 0 Å². The van der Waals surface area contributed by atoms with Crippen molar-refractivity contribution in [2.24, 2.45) is 0 Å². The maximum absolute atomic E-state index is 12.8. The van der Waals surface area contributed by atoms with E-state index < -0.39 is 24.1 Å². The van der Waals surface area contributed by atoms with Gasteiger partial charge < -0.3 is 39.8 Å². The molecular weight excluding hydrogens is 537 g/mol. The van der Waals surface area contributed by atoms with Crippen LogP contribution in [-0.4, -0.2) is 85.1 Å². The summed E-state index contributed by atoms with van der Waals surface area (Å²) in [6.45, 7) is 4.49. The molecular formula is C21H27Cl2N5O7S. The molecule has 1 aliphatic rings. The minimum Gasteiger partial charge on any atom is -0.449 e. The molecule has 0 bridgehead atoms. The zero-order chi connectivity index (χ0) is 26.6. The molecule has 0 unspecified atom stereocenters. The number of halogens is 2. The topological polar surface area (TPSA) is 155 Å². The second-order valence-electron chi connectivity index (χ2n) is 8.17. The first kappa shape index (κ1) is 28.0. The first-order valence-corrected chi connectivity index (χ1v) is 12.5. The summed E-state index contributed by atoms with van der Waals surface area (Å²) in [6, 6.07) is -0.668. The van der Waals surface area contributed by atoms with E-state index in [2.05, 4.69) is 20.6 Å². The maximum atomic E-state index is 12.8. The minimum absolute atomic E-state index is 0.140. The van der Waals surface area contributed by atoms with Crippen LogP contribution in [0.2, 0.25) is 10.0 Å². The van der Waals surface area contributed by atoms with Gasteiger partial charge in [-0.2, -0.15) is 0 Å². The van der Waals surface area contributed by atoms with E-state index in [1.165, 1.54) is 14.2 Å². The zero-order valence-corrected chi connectivity index (χ0v) is 22.3. The van der Waals surface area contributed by atoms with Crippen LogP contribution in [0.3, 0.4) is 0 Å². The van der Waals surface area contributed by atoms with Gasteiger partial charge in [0.05, 0.1) is 28.8 Å². The molecule has 198 valence electrons. The molecule has 1 saturated heterocycles. The highest BCUT2D eigenvalue weighted by Crippen LogP contribution is 2.35. The summed E-state index contributed by atoms with van der Waals surface area (Å²) in [5.74, 6) is -0.994. The molecule has 2 amide bonds. The molecule has 36 heavy (non-hydrogen) atoms. The van der Waals surface area contributed by atoms with E-state index in [0.29, 0.717) is 35.4 Å². The number of aromatic amines is 1. The monoisotopic (exact) mass is 563 g/mol. The number of hydrogen-bond donors (Lipinski definition) is 4. The van der Waals surface area contributed by atoms with Crippen molar-refractivity contribution < 1.29 is 33.7 Å². The molecule has 1 fully saturated rings. The highest BCUT2D eigenvalue weighted by Gasteiger charge is 2.34. The normalized spacial score (nSPS) is 18.6. The van der Waals surface area contributed by atoms with Crippen molar-refractivity contribution in [1.82, 2.24) is 20.6 Å². The Labute approximate surface area is 221 Å². The number of carbonyl (C=O) groups excluding carboxylic acids is 2. The molecule has 3 atom stereocenters. The van der Waals surface area contributed by atoms with Gasteiger partial charge in [0, 0.05) is 39.0 Å². The second-order valence-corrected chi connectivity index (χ2v) is 9.87. The number of aromatic nitrogens is 2. The van der Waals surface area contributed by atoms with Gasteiger partial charge in [0.1, 0.15) is 5.69 Å². The SMILES string of the molecule is COC[C@@H](C)NC(=O)c1nc(N2CC[C@@H](NC(=O)c3[nH]c(C)c(Cl)c3Cl)[C@@H](OC)C2)sc1OC(=O)O. The molecule has 0 aromatic carbocycles. The Hall–Kier alpha value is -2.58. The Kier molecular flexibility index (Phi) is 9.41. The van der Waals surface area contributed by atoms with Gasteiger partial charge in [-0.1, -0.05) is 34.5 Å². The van der Waals surface area contributed by atoms with Gasteiger partial charge in [0.25, 0.3) is 11.8 Å².